The van der Waals surface area contributed by atoms with Gasteiger partial charge in [-0.05, 0) is 42.5 Å². The molecule has 1 aliphatic heterocycles. The molecule has 1 atom stereocenters. The molecule has 1 unspecified atom stereocenters. The summed E-state index contributed by atoms with van der Waals surface area (Å²) < 4.78 is 10.6. The Morgan fingerprint density at radius 1 is 1.03 bits per heavy atom. The second-order valence-electron chi connectivity index (χ2n) is 8.03. The van der Waals surface area contributed by atoms with Crippen molar-refractivity contribution in [2.24, 2.45) is 5.92 Å². The molecule has 2 amide bonds. The van der Waals surface area contributed by atoms with Gasteiger partial charge >= 0.3 is 0 Å². The zero-order valence-electron chi connectivity index (χ0n) is 18.7. The maximum atomic E-state index is 12.8. The number of rotatable bonds is 10. The number of amides is 2. The van der Waals surface area contributed by atoms with E-state index < -0.39 is 0 Å². The van der Waals surface area contributed by atoms with Gasteiger partial charge in [0.25, 0.3) is 0 Å². The van der Waals surface area contributed by atoms with Crippen LogP contribution in [0.3, 0.4) is 0 Å². The van der Waals surface area contributed by atoms with Gasteiger partial charge in [0.15, 0.2) is 11.5 Å². The third-order valence-corrected chi connectivity index (χ3v) is 5.86. The maximum absolute atomic E-state index is 12.8. The molecule has 1 fully saturated rings. The van der Waals surface area contributed by atoms with E-state index in [0.29, 0.717) is 44.0 Å². The lowest BCUT2D eigenvalue weighted by Crippen LogP contribution is -2.35. The molecule has 1 saturated heterocycles. The minimum atomic E-state index is -0.250. The van der Waals surface area contributed by atoms with Crippen LogP contribution in [0.1, 0.15) is 24.0 Å². The first-order valence-corrected chi connectivity index (χ1v) is 10.8. The van der Waals surface area contributed by atoms with Gasteiger partial charge in [-0.25, -0.2) is 0 Å². The number of ether oxygens (including phenoxy) is 2. The van der Waals surface area contributed by atoms with Gasteiger partial charge in [-0.2, -0.15) is 0 Å². The van der Waals surface area contributed by atoms with E-state index in [9.17, 15) is 9.59 Å². The number of aryl methyl sites for hydroxylation is 1. The predicted octanol–water partition coefficient (Wildman–Crippen LogP) is 3.19. The Bertz CT molecular complexity index is 884. The zero-order valence-corrected chi connectivity index (χ0v) is 18.7. The maximum Gasteiger partial charge on any atom is 0.227 e. The van der Waals surface area contributed by atoms with Crippen molar-refractivity contribution in [2.75, 3.05) is 40.9 Å². The zero-order chi connectivity index (χ0) is 22.2. The van der Waals surface area contributed by atoms with Crippen LogP contribution < -0.4 is 9.47 Å². The van der Waals surface area contributed by atoms with Crippen LogP contribution in [0, 0.1) is 5.92 Å². The van der Waals surface area contributed by atoms with Crippen molar-refractivity contribution in [1.82, 2.24) is 9.80 Å². The van der Waals surface area contributed by atoms with Gasteiger partial charge in [0, 0.05) is 33.1 Å². The first-order valence-electron chi connectivity index (χ1n) is 10.8. The van der Waals surface area contributed by atoms with Crippen molar-refractivity contribution < 1.29 is 19.1 Å². The molecule has 1 heterocycles. The molecular formula is C25H32N2O4. The number of carbonyl (C=O) groups is 2. The summed E-state index contributed by atoms with van der Waals surface area (Å²) in [6.07, 6.45) is 2.86. The minimum Gasteiger partial charge on any atom is -0.493 e. The van der Waals surface area contributed by atoms with Crippen molar-refractivity contribution in [1.29, 1.82) is 0 Å². The fraction of sp³-hybridized carbons (Fsp3) is 0.440. The van der Waals surface area contributed by atoms with E-state index in [1.165, 1.54) is 5.56 Å². The molecule has 166 valence electrons. The van der Waals surface area contributed by atoms with Crippen LogP contribution in [-0.2, 0) is 22.4 Å². The molecule has 2 aromatic carbocycles. The molecule has 2 aromatic rings. The Morgan fingerprint density at radius 2 is 1.77 bits per heavy atom. The lowest BCUT2D eigenvalue weighted by Gasteiger charge is -2.21. The quantitative estimate of drug-likeness (QED) is 0.588. The van der Waals surface area contributed by atoms with Crippen LogP contribution in [0.5, 0.6) is 11.5 Å². The standard InChI is InChI=1S/C25H32N2O4/c1-26(14-7-10-19-8-5-4-6-9-19)25(29)21-17-24(28)27(18-21)15-13-20-11-12-22(30-2)23(16-20)31-3/h4-6,8-9,11-12,16,21H,7,10,13-15,17-18H2,1-3H3. The predicted molar refractivity (Wildman–Crippen MR) is 120 cm³/mol. The van der Waals surface area contributed by atoms with E-state index in [1.54, 1.807) is 24.0 Å². The fourth-order valence-electron chi connectivity index (χ4n) is 4.04. The fourth-order valence-corrected chi connectivity index (χ4v) is 4.04. The number of carbonyl (C=O) groups excluding carboxylic acids is 2. The molecule has 6 heteroatoms. The largest absolute Gasteiger partial charge is 0.493 e. The van der Waals surface area contributed by atoms with E-state index in [1.807, 2.05) is 43.4 Å². The molecule has 0 N–H and O–H groups in total. The van der Waals surface area contributed by atoms with Crippen LogP contribution in [0.15, 0.2) is 48.5 Å². The van der Waals surface area contributed by atoms with Gasteiger partial charge in [0.1, 0.15) is 0 Å². The van der Waals surface area contributed by atoms with Gasteiger partial charge < -0.3 is 19.3 Å². The molecule has 0 bridgehead atoms. The van der Waals surface area contributed by atoms with E-state index in [-0.39, 0.29) is 17.7 Å². The monoisotopic (exact) mass is 424 g/mol. The first-order chi connectivity index (χ1) is 15.0. The van der Waals surface area contributed by atoms with Gasteiger partial charge in [0.05, 0.1) is 20.1 Å². The molecule has 31 heavy (non-hydrogen) atoms. The van der Waals surface area contributed by atoms with Crippen molar-refractivity contribution in [2.45, 2.75) is 25.7 Å². The molecule has 0 radical (unpaired) electrons. The van der Waals surface area contributed by atoms with Crippen molar-refractivity contribution >= 4 is 11.8 Å². The summed E-state index contributed by atoms with van der Waals surface area (Å²) in [5, 5.41) is 0. The second-order valence-corrected chi connectivity index (χ2v) is 8.03. The minimum absolute atomic E-state index is 0.0523. The highest BCUT2D eigenvalue weighted by Crippen LogP contribution is 2.28. The summed E-state index contributed by atoms with van der Waals surface area (Å²) in [4.78, 5) is 28.9. The van der Waals surface area contributed by atoms with E-state index >= 15 is 0 Å². The molecule has 0 aromatic heterocycles. The number of methoxy groups -OCH3 is 2. The Kier molecular flexibility index (Phi) is 7.93. The van der Waals surface area contributed by atoms with Gasteiger partial charge in [-0.15, -0.1) is 0 Å². The van der Waals surface area contributed by atoms with Gasteiger partial charge in [-0.1, -0.05) is 36.4 Å². The summed E-state index contributed by atoms with van der Waals surface area (Å²) in [7, 11) is 5.05. The van der Waals surface area contributed by atoms with Crippen LogP contribution in [0.4, 0.5) is 0 Å². The highest BCUT2D eigenvalue weighted by molar-refractivity contribution is 5.89. The smallest absolute Gasteiger partial charge is 0.227 e. The third kappa shape index (κ3) is 6.00. The number of hydrogen-bond acceptors (Lipinski definition) is 4. The average Bonchev–Trinajstić information content (AvgIpc) is 3.17. The molecule has 1 aliphatic rings. The Hall–Kier alpha value is -3.02. The van der Waals surface area contributed by atoms with Crippen LogP contribution >= 0.6 is 0 Å². The van der Waals surface area contributed by atoms with Gasteiger partial charge in [-0.3, -0.25) is 9.59 Å². The molecule has 0 spiro atoms. The Labute approximate surface area is 184 Å². The third-order valence-electron chi connectivity index (χ3n) is 5.86. The molecule has 6 nitrogen and oxygen atoms in total. The molecule has 0 saturated carbocycles. The number of nitrogens with zero attached hydrogens (tertiary/aromatic N) is 2. The average molecular weight is 425 g/mol. The van der Waals surface area contributed by atoms with Crippen LogP contribution in [0.2, 0.25) is 0 Å². The Morgan fingerprint density at radius 3 is 2.48 bits per heavy atom. The van der Waals surface area contributed by atoms with E-state index in [4.69, 9.17) is 9.47 Å². The van der Waals surface area contributed by atoms with Crippen molar-refractivity contribution in [3.63, 3.8) is 0 Å². The first kappa shape index (κ1) is 22.7. The number of likely N-dealkylation sites (tertiary alicyclic amines) is 1. The topological polar surface area (TPSA) is 59.1 Å². The number of hydrogen-bond donors (Lipinski definition) is 0. The molecular weight excluding hydrogens is 392 g/mol. The second kappa shape index (κ2) is 10.8. The normalized spacial score (nSPS) is 15.8. The lowest BCUT2D eigenvalue weighted by molar-refractivity contribution is -0.134. The number of benzene rings is 2. The molecule has 3 rings (SSSR count). The van der Waals surface area contributed by atoms with E-state index in [0.717, 1.165) is 18.4 Å². The highest BCUT2D eigenvalue weighted by Gasteiger charge is 2.35. The van der Waals surface area contributed by atoms with Crippen molar-refractivity contribution in [3.8, 4) is 11.5 Å². The Balaban J connectivity index is 1.47. The van der Waals surface area contributed by atoms with Crippen LogP contribution in [0.25, 0.3) is 0 Å². The SMILES string of the molecule is COc1ccc(CCN2CC(C(=O)N(C)CCCc3ccccc3)CC2=O)cc1OC. The lowest BCUT2D eigenvalue weighted by atomic mass is 10.1. The van der Waals surface area contributed by atoms with E-state index in [2.05, 4.69) is 12.1 Å². The molecule has 0 aliphatic carbocycles. The summed E-state index contributed by atoms with van der Waals surface area (Å²) in [6.45, 7) is 1.79. The van der Waals surface area contributed by atoms with Crippen LogP contribution in [-0.4, -0.2) is 62.5 Å². The summed E-state index contributed by atoms with van der Waals surface area (Å²) in [5.74, 6) is 1.23. The van der Waals surface area contributed by atoms with Crippen molar-refractivity contribution in [3.05, 3.63) is 59.7 Å². The summed E-state index contributed by atoms with van der Waals surface area (Å²) in [6, 6.07) is 16.1. The summed E-state index contributed by atoms with van der Waals surface area (Å²) in [5.41, 5.74) is 2.35. The van der Waals surface area contributed by atoms with Gasteiger partial charge in [0.2, 0.25) is 11.8 Å². The summed E-state index contributed by atoms with van der Waals surface area (Å²) >= 11 is 0. The highest BCUT2D eigenvalue weighted by atomic mass is 16.5.